The van der Waals surface area contributed by atoms with E-state index in [-0.39, 0.29) is 5.78 Å². The lowest BCUT2D eigenvalue weighted by molar-refractivity contribution is -0.148. The summed E-state index contributed by atoms with van der Waals surface area (Å²) in [6.07, 6.45) is 0. The van der Waals surface area contributed by atoms with Crippen molar-refractivity contribution in [3.63, 3.8) is 0 Å². The van der Waals surface area contributed by atoms with Gasteiger partial charge in [-0.05, 0) is 12.1 Å². The Bertz CT molecular complexity index is 588. The monoisotopic (exact) mass is 291 g/mol. The van der Waals surface area contributed by atoms with E-state index in [1.807, 2.05) is 0 Å². The second-order valence-electron chi connectivity index (χ2n) is 5.20. The second kappa shape index (κ2) is 5.20. The number of carbonyl (C=O) groups is 3. The Labute approximate surface area is 122 Å². The van der Waals surface area contributed by atoms with Crippen molar-refractivity contribution in [3.8, 4) is 0 Å². The summed E-state index contributed by atoms with van der Waals surface area (Å²) < 4.78 is 9.36. The number of nitrogen functional groups attached to an aromatic ring is 1. The fourth-order valence-electron chi connectivity index (χ4n) is 2.81. The predicted octanol–water partition coefficient (Wildman–Crippen LogP) is 1.05. The smallest absolute Gasteiger partial charge is 0.310 e. The molecular weight excluding hydrogens is 274 g/mol. The molecule has 6 heteroatoms. The minimum absolute atomic E-state index is 0.292. The van der Waals surface area contributed by atoms with Gasteiger partial charge in [-0.25, -0.2) is 0 Å². The van der Waals surface area contributed by atoms with Gasteiger partial charge in [0.05, 0.1) is 31.5 Å². The summed E-state index contributed by atoms with van der Waals surface area (Å²) in [5, 5.41) is 0. The first-order valence-electron chi connectivity index (χ1n) is 6.44. The number of methoxy groups -OCH3 is 2. The van der Waals surface area contributed by atoms with Gasteiger partial charge < -0.3 is 15.2 Å². The molecule has 1 unspecified atom stereocenters. The summed E-state index contributed by atoms with van der Waals surface area (Å²) in [6.45, 7) is 1.56. The number of esters is 2. The molecule has 1 fully saturated rings. The third kappa shape index (κ3) is 2.16. The normalized spacial score (nSPS) is 26.8. The molecule has 21 heavy (non-hydrogen) atoms. The van der Waals surface area contributed by atoms with E-state index in [1.165, 1.54) is 14.2 Å². The van der Waals surface area contributed by atoms with Gasteiger partial charge in [-0.3, -0.25) is 14.4 Å². The van der Waals surface area contributed by atoms with Gasteiger partial charge in [0, 0.05) is 11.3 Å². The van der Waals surface area contributed by atoms with Gasteiger partial charge in [0.15, 0.2) is 5.78 Å². The molecule has 0 bridgehead atoms. The van der Waals surface area contributed by atoms with Crippen molar-refractivity contribution in [1.82, 2.24) is 0 Å². The van der Waals surface area contributed by atoms with Crippen molar-refractivity contribution >= 4 is 23.4 Å². The minimum Gasteiger partial charge on any atom is -0.469 e. The Balaban J connectivity index is 2.40. The van der Waals surface area contributed by atoms with Crippen molar-refractivity contribution < 1.29 is 23.9 Å². The summed E-state index contributed by atoms with van der Waals surface area (Å²) >= 11 is 0. The number of nitrogens with two attached hydrogens (primary N) is 1. The van der Waals surface area contributed by atoms with Crippen molar-refractivity contribution in [2.75, 3.05) is 20.0 Å². The van der Waals surface area contributed by atoms with Gasteiger partial charge in [0.2, 0.25) is 0 Å². The summed E-state index contributed by atoms with van der Waals surface area (Å²) in [4.78, 5) is 36.4. The highest BCUT2D eigenvalue weighted by molar-refractivity contribution is 6.12. The molecule has 6 nitrogen and oxygen atoms in total. The van der Waals surface area contributed by atoms with Crippen LogP contribution in [0.25, 0.3) is 0 Å². The number of hydrogen-bond donors (Lipinski definition) is 1. The highest BCUT2D eigenvalue weighted by atomic mass is 16.5. The lowest BCUT2D eigenvalue weighted by Crippen LogP contribution is -2.21. The molecule has 3 atom stereocenters. The first-order chi connectivity index (χ1) is 9.89. The van der Waals surface area contributed by atoms with E-state index in [9.17, 15) is 14.4 Å². The van der Waals surface area contributed by atoms with E-state index in [4.69, 9.17) is 5.73 Å². The van der Waals surface area contributed by atoms with Crippen LogP contribution >= 0.6 is 0 Å². The molecule has 1 saturated carbocycles. The van der Waals surface area contributed by atoms with E-state index < -0.39 is 29.2 Å². The number of hydrogen-bond acceptors (Lipinski definition) is 6. The quantitative estimate of drug-likeness (QED) is 0.506. The first-order valence-corrected chi connectivity index (χ1v) is 6.44. The number of rotatable bonds is 4. The molecule has 1 aromatic rings. The average molecular weight is 291 g/mol. The summed E-state index contributed by atoms with van der Waals surface area (Å²) in [5.74, 6) is -3.25. The molecule has 0 aromatic heterocycles. The molecular formula is C15H17NO5. The SMILES string of the molecule is COC(=O)[C@@H]1[C@H](C(=O)OC)C1(C)C(=O)c1ccccc1N. The first kappa shape index (κ1) is 15.0. The van der Waals surface area contributed by atoms with Gasteiger partial charge in [0.25, 0.3) is 0 Å². The number of anilines is 1. The summed E-state index contributed by atoms with van der Waals surface area (Å²) in [7, 11) is 2.44. The van der Waals surface area contributed by atoms with Gasteiger partial charge >= 0.3 is 11.9 Å². The molecule has 112 valence electrons. The fraction of sp³-hybridized carbons (Fsp3) is 0.400. The Hall–Kier alpha value is -2.37. The van der Waals surface area contributed by atoms with Crippen molar-refractivity contribution in [1.29, 1.82) is 0 Å². The van der Waals surface area contributed by atoms with Crippen LogP contribution in [0.3, 0.4) is 0 Å². The number of ether oxygens (including phenoxy) is 2. The van der Waals surface area contributed by atoms with Crippen LogP contribution in [0.15, 0.2) is 24.3 Å². The Morgan fingerprint density at radius 1 is 1.05 bits per heavy atom. The summed E-state index contributed by atoms with van der Waals surface area (Å²) in [6, 6.07) is 6.55. The number of para-hydroxylation sites is 1. The van der Waals surface area contributed by atoms with Crippen molar-refractivity contribution in [2.45, 2.75) is 6.92 Å². The fourth-order valence-corrected chi connectivity index (χ4v) is 2.81. The van der Waals surface area contributed by atoms with Crippen LogP contribution in [0.2, 0.25) is 0 Å². The molecule has 2 rings (SSSR count). The molecule has 1 aromatic carbocycles. The van der Waals surface area contributed by atoms with Gasteiger partial charge in [-0.2, -0.15) is 0 Å². The Kier molecular flexibility index (Phi) is 3.72. The number of benzene rings is 1. The van der Waals surface area contributed by atoms with Gasteiger partial charge in [-0.1, -0.05) is 19.1 Å². The largest absolute Gasteiger partial charge is 0.469 e. The van der Waals surface area contributed by atoms with E-state index in [0.717, 1.165) is 0 Å². The molecule has 0 amide bonds. The second-order valence-corrected chi connectivity index (χ2v) is 5.20. The molecule has 2 N–H and O–H groups in total. The minimum atomic E-state index is -1.18. The third-order valence-electron chi connectivity index (χ3n) is 4.12. The lowest BCUT2D eigenvalue weighted by Gasteiger charge is -2.12. The number of Topliss-reactive ketones (excluding diaryl/α,β-unsaturated/α-hetero) is 1. The van der Waals surface area contributed by atoms with Crippen LogP contribution in [0.1, 0.15) is 17.3 Å². The maximum Gasteiger partial charge on any atom is 0.310 e. The zero-order valence-electron chi connectivity index (χ0n) is 12.1. The van der Waals surface area contributed by atoms with E-state index in [1.54, 1.807) is 31.2 Å². The van der Waals surface area contributed by atoms with E-state index in [2.05, 4.69) is 9.47 Å². The van der Waals surface area contributed by atoms with Gasteiger partial charge in [-0.15, -0.1) is 0 Å². The van der Waals surface area contributed by atoms with Crippen LogP contribution in [0, 0.1) is 17.3 Å². The Morgan fingerprint density at radius 2 is 1.52 bits per heavy atom. The Morgan fingerprint density at radius 3 is 1.95 bits per heavy atom. The predicted molar refractivity (Wildman–Crippen MR) is 74.3 cm³/mol. The van der Waals surface area contributed by atoms with E-state index >= 15 is 0 Å². The molecule has 1 aliphatic rings. The maximum atomic E-state index is 12.7. The van der Waals surface area contributed by atoms with Crippen molar-refractivity contribution in [2.24, 2.45) is 17.3 Å². The highest BCUT2D eigenvalue weighted by Gasteiger charge is 2.74. The summed E-state index contributed by atoms with van der Waals surface area (Å²) in [5.41, 5.74) is 5.22. The van der Waals surface area contributed by atoms with Crippen LogP contribution in [-0.4, -0.2) is 31.9 Å². The lowest BCUT2D eigenvalue weighted by atomic mass is 9.91. The average Bonchev–Trinajstić information content (AvgIpc) is 3.13. The van der Waals surface area contributed by atoms with Crippen LogP contribution < -0.4 is 5.73 Å². The van der Waals surface area contributed by atoms with E-state index in [0.29, 0.717) is 11.3 Å². The van der Waals surface area contributed by atoms with Crippen LogP contribution in [0.4, 0.5) is 5.69 Å². The van der Waals surface area contributed by atoms with Crippen LogP contribution in [0.5, 0.6) is 0 Å². The molecule has 0 spiro atoms. The number of carbonyl (C=O) groups excluding carboxylic acids is 3. The third-order valence-corrected chi connectivity index (χ3v) is 4.12. The molecule has 0 radical (unpaired) electrons. The molecule has 1 aliphatic carbocycles. The standard InChI is InChI=1S/C15H17NO5/c1-15(12(17)8-6-4-5-7-9(8)16)10(13(18)20-2)11(15)14(19)21-3/h4-7,10-11H,16H2,1-3H3/t10-,11+,15?. The topological polar surface area (TPSA) is 95.7 Å². The highest BCUT2D eigenvalue weighted by Crippen LogP contribution is 2.61. The number of ketones is 1. The zero-order valence-corrected chi connectivity index (χ0v) is 12.1. The molecule has 0 aliphatic heterocycles. The van der Waals surface area contributed by atoms with Crippen molar-refractivity contribution in [3.05, 3.63) is 29.8 Å². The van der Waals surface area contributed by atoms with Gasteiger partial charge in [0.1, 0.15) is 0 Å². The molecule has 0 saturated heterocycles. The maximum absolute atomic E-state index is 12.7. The van der Waals surface area contributed by atoms with Crippen LogP contribution in [-0.2, 0) is 19.1 Å². The molecule has 0 heterocycles. The zero-order chi connectivity index (χ0) is 15.8.